The first-order valence-corrected chi connectivity index (χ1v) is 14.9. The molecule has 4 heterocycles. The van der Waals surface area contributed by atoms with E-state index in [2.05, 4.69) is 56.2 Å². The quantitative estimate of drug-likeness (QED) is 0.536. The van der Waals surface area contributed by atoms with Crippen molar-refractivity contribution in [2.24, 2.45) is 10.9 Å². The van der Waals surface area contributed by atoms with Crippen molar-refractivity contribution in [2.45, 2.75) is 57.2 Å². The third-order valence-corrected chi connectivity index (χ3v) is 9.34. The van der Waals surface area contributed by atoms with E-state index in [4.69, 9.17) is 16.6 Å². The van der Waals surface area contributed by atoms with Crippen LogP contribution in [-0.2, 0) is 6.54 Å². The monoisotopic (exact) mass is 536 g/mol. The number of halogens is 1. The Morgan fingerprint density at radius 1 is 1.11 bits per heavy atom. The van der Waals surface area contributed by atoms with Gasteiger partial charge in [-0.05, 0) is 67.8 Å². The molecule has 7 nitrogen and oxygen atoms in total. The van der Waals surface area contributed by atoms with E-state index in [0.717, 1.165) is 82.4 Å². The van der Waals surface area contributed by atoms with Crippen molar-refractivity contribution in [1.82, 2.24) is 20.1 Å². The summed E-state index contributed by atoms with van der Waals surface area (Å²) in [6.07, 6.45) is 6.65. The second-order valence-corrected chi connectivity index (χ2v) is 11.9. The number of aliphatic hydroxyl groups is 1. The summed E-state index contributed by atoms with van der Waals surface area (Å²) >= 11 is 6.72. The molecule has 1 aliphatic carbocycles. The minimum atomic E-state index is 0.321. The molecule has 3 aliphatic heterocycles. The van der Waals surface area contributed by atoms with Crippen molar-refractivity contribution in [3.8, 4) is 0 Å². The second kappa shape index (κ2) is 11.5. The molecule has 3 fully saturated rings. The number of piperazine rings is 1. The Labute approximate surface area is 231 Å². The van der Waals surface area contributed by atoms with Crippen molar-refractivity contribution in [2.75, 3.05) is 57.3 Å². The fourth-order valence-corrected chi connectivity index (χ4v) is 6.97. The number of aliphatic imine (C=N–C) groups is 1. The van der Waals surface area contributed by atoms with Crippen LogP contribution < -0.4 is 10.2 Å². The maximum Gasteiger partial charge on any atom is 0.147 e. The average molecular weight is 537 g/mol. The standard InChI is InChI=1S/C30H41ClN6O/c1-2-25-19-36(30-28(31)16-23(17-34-30)29-32-9-10-33-29)13-14-37(25)26-7-11-35(12-8-26)18-21-3-5-22(6-4-21)27-15-24(27)20-38/h3-6,16-17,24-27,38H,2,7-15,18-20H2,1H3,(H,32,33)/t24?,25-,27?/m0/s1. The number of hydrogen-bond donors (Lipinski definition) is 2. The molecule has 0 radical (unpaired) electrons. The van der Waals surface area contributed by atoms with Gasteiger partial charge >= 0.3 is 0 Å². The highest BCUT2D eigenvalue weighted by Crippen LogP contribution is 2.46. The molecule has 2 saturated heterocycles. The molecule has 2 unspecified atom stereocenters. The summed E-state index contributed by atoms with van der Waals surface area (Å²) in [7, 11) is 0. The summed E-state index contributed by atoms with van der Waals surface area (Å²) in [5.41, 5.74) is 3.77. The van der Waals surface area contributed by atoms with Gasteiger partial charge < -0.3 is 15.3 Å². The van der Waals surface area contributed by atoms with E-state index in [1.807, 2.05) is 12.3 Å². The van der Waals surface area contributed by atoms with Crippen LogP contribution in [0.1, 0.15) is 55.2 Å². The number of benzene rings is 1. The SMILES string of the molecule is CC[C@H]1CN(c2ncc(C3=NCCN3)cc2Cl)CCN1C1CCN(Cc2ccc(C3CC3CO)cc2)CC1. The lowest BCUT2D eigenvalue weighted by atomic mass is 9.97. The van der Waals surface area contributed by atoms with E-state index in [-0.39, 0.29) is 0 Å². The summed E-state index contributed by atoms with van der Waals surface area (Å²) in [4.78, 5) is 17.0. The summed E-state index contributed by atoms with van der Waals surface area (Å²) < 4.78 is 0. The molecule has 0 amide bonds. The molecule has 1 saturated carbocycles. The minimum Gasteiger partial charge on any atom is -0.396 e. The van der Waals surface area contributed by atoms with Crippen molar-refractivity contribution in [1.29, 1.82) is 0 Å². The normalized spacial score (nSPS) is 26.9. The fraction of sp³-hybridized carbons (Fsp3) is 0.600. The zero-order valence-corrected chi connectivity index (χ0v) is 23.3. The number of nitrogens with one attached hydrogen (secondary N) is 1. The van der Waals surface area contributed by atoms with Crippen molar-refractivity contribution >= 4 is 23.3 Å². The third kappa shape index (κ3) is 5.57. The topological polar surface area (TPSA) is 67.2 Å². The third-order valence-electron chi connectivity index (χ3n) is 9.07. The molecule has 1 aromatic heterocycles. The Balaban J connectivity index is 1.01. The van der Waals surface area contributed by atoms with Gasteiger partial charge in [-0.1, -0.05) is 42.8 Å². The molecular weight excluding hydrogens is 496 g/mol. The number of pyridine rings is 1. The van der Waals surface area contributed by atoms with E-state index < -0.39 is 0 Å². The van der Waals surface area contributed by atoms with Gasteiger partial charge in [-0.3, -0.25) is 14.8 Å². The van der Waals surface area contributed by atoms with Crippen molar-refractivity contribution < 1.29 is 5.11 Å². The van der Waals surface area contributed by atoms with Crippen LogP contribution in [-0.4, -0.2) is 90.2 Å². The van der Waals surface area contributed by atoms with Crippen LogP contribution >= 0.6 is 11.6 Å². The van der Waals surface area contributed by atoms with Crippen LogP contribution in [0, 0.1) is 5.92 Å². The van der Waals surface area contributed by atoms with Gasteiger partial charge in [0.1, 0.15) is 11.7 Å². The van der Waals surface area contributed by atoms with E-state index >= 15 is 0 Å². The predicted molar refractivity (Wildman–Crippen MR) is 154 cm³/mol. The van der Waals surface area contributed by atoms with Gasteiger partial charge in [0.15, 0.2) is 0 Å². The Morgan fingerprint density at radius 2 is 1.92 bits per heavy atom. The second-order valence-electron chi connectivity index (χ2n) is 11.5. The van der Waals surface area contributed by atoms with Gasteiger partial charge in [-0.2, -0.15) is 0 Å². The van der Waals surface area contributed by atoms with E-state index in [1.165, 1.54) is 24.0 Å². The smallest absolute Gasteiger partial charge is 0.147 e. The first kappa shape index (κ1) is 26.1. The van der Waals surface area contributed by atoms with E-state index in [0.29, 0.717) is 35.5 Å². The molecule has 1 aromatic carbocycles. The molecule has 2 aromatic rings. The van der Waals surface area contributed by atoms with Gasteiger partial charge in [0.05, 0.1) is 11.6 Å². The number of amidine groups is 1. The Kier molecular flexibility index (Phi) is 7.89. The number of aromatic nitrogens is 1. The molecular formula is C30H41ClN6O. The molecule has 4 aliphatic rings. The lowest BCUT2D eigenvalue weighted by Gasteiger charge is -2.47. The summed E-state index contributed by atoms with van der Waals surface area (Å²) in [6, 6.07) is 12.3. The van der Waals surface area contributed by atoms with Gasteiger partial charge in [0.25, 0.3) is 0 Å². The van der Waals surface area contributed by atoms with Crippen LogP contribution in [0.2, 0.25) is 5.02 Å². The Bertz CT molecular complexity index is 1130. The van der Waals surface area contributed by atoms with Gasteiger partial charge in [-0.25, -0.2) is 4.98 Å². The van der Waals surface area contributed by atoms with Gasteiger partial charge in [0, 0.05) is 63.2 Å². The number of piperidine rings is 1. The van der Waals surface area contributed by atoms with Crippen LogP contribution in [0.4, 0.5) is 5.82 Å². The highest BCUT2D eigenvalue weighted by atomic mass is 35.5. The zero-order chi connectivity index (χ0) is 26.1. The highest BCUT2D eigenvalue weighted by Gasteiger charge is 2.37. The Hall–Kier alpha value is -2.19. The number of anilines is 1. The van der Waals surface area contributed by atoms with Crippen LogP contribution in [0.25, 0.3) is 0 Å². The fourth-order valence-electron chi connectivity index (χ4n) is 6.69. The lowest BCUT2D eigenvalue weighted by Crippen LogP contribution is -2.58. The zero-order valence-electron chi connectivity index (χ0n) is 22.5. The van der Waals surface area contributed by atoms with Crippen molar-refractivity contribution in [3.05, 3.63) is 58.2 Å². The number of rotatable bonds is 8. The van der Waals surface area contributed by atoms with Gasteiger partial charge in [0.2, 0.25) is 0 Å². The van der Waals surface area contributed by atoms with Crippen LogP contribution in [0.5, 0.6) is 0 Å². The number of likely N-dealkylation sites (tertiary alicyclic amines) is 1. The molecule has 8 heteroatoms. The molecule has 0 spiro atoms. The summed E-state index contributed by atoms with van der Waals surface area (Å²) in [6.45, 7) is 10.7. The highest BCUT2D eigenvalue weighted by molar-refractivity contribution is 6.33. The maximum absolute atomic E-state index is 9.35. The van der Waals surface area contributed by atoms with Gasteiger partial charge in [-0.15, -0.1) is 0 Å². The average Bonchev–Trinajstić information content (AvgIpc) is 3.54. The number of aliphatic hydroxyl groups excluding tert-OH is 1. The molecule has 2 N–H and O–H groups in total. The first-order chi connectivity index (χ1) is 18.6. The first-order valence-electron chi connectivity index (χ1n) is 14.5. The maximum atomic E-state index is 9.35. The number of nitrogens with zero attached hydrogens (tertiary/aromatic N) is 5. The summed E-state index contributed by atoms with van der Waals surface area (Å²) in [5.74, 6) is 2.87. The van der Waals surface area contributed by atoms with Crippen LogP contribution in [0.3, 0.4) is 0 Å². The molecule has 6 rings (SSSR count). The molecule has 204 valence electrons. The largest absolute Gasteiger partial charge is 0.396 e. The van der Waals surface area contributed by atoms with E-state index in [9.17, 15) is 5.11 Å². The molecule has 3 atom stereocenters. The number of hydrogen-bond acceptors (Lipinski definition) is 7. The lowest BCUT2D eigenvalue weighted by molar-refractivity contribution is 0.0610. The molecule has 0 bridgehead atoms. The van der Waals surface area contributed by atoms with Crippen molar-refractivity contribution in [3.63, 3.8) is 0 Å². The Morgan fingerprint density at radius 3 is 2.58 bits per heavy atom. The molecule has 38 heavy (non-hydrogen) atoms. The summed E-state index contributed by atoms with van der Waals surface area (Å²) in [5, 5.41) is 13.4. The van der Waals surface area contributed by atoms with E-state index in [1.54, 1.807) is 0 Å². The predicted octanol–water partition coefficient (Wildman–Crippen LogP) is 3.75. The van der Waals surface area contributed by atoms with Crippen LogP contribution in [0.15, 0.2) is 41.5 Å². The minimum absolute atomic E-state index is 0.321.